The fourth-order valence-electron chi connectivity index (χ4n) is 1.88. The highest BCUT2D eigenvalue weighted by molar-refractivity contribution is 6.29. The molecule has 1 unspecified atom stereocenters. The van der Waals surface area contributed by atoms with Gasteiger partial charge in [-0.25, -0.2) is 0 Å². The molecule has 2 nitrogen and oxygen atoms in total. The molecule has 0 radical (unpaired) electrons. The Morgan fingerprint density at radius 2 is 1.39 bits per heavy atom. The summed E-state index contributed by atoms with van der Waals surface area (Å²) in [5.74, 6) is -0.299. The quantitative estimate of drug-likeness (QED) is 0.282. The van der Waals surface area contributed by atoms with E-state index in [-0.39, 0.29) is 5.97 Å². The van der Waals surface area contributed by atoms with E-state index in [0.717, 1.165) is 12.8 Å². The van der Waals surface area contributed by atoms with Gasteiger partial charge in [-0.05, 0) is 13.3 Å². The van der Waals surface area contributed by atoms with Crippen molar-refractivity contribution in [1.29, 1.82) is 0 Å². The predicted molar refractivity (Wildman–Crippen MR) is 78.1 cm³/mol. The van der Waals surface area contributed by atoms with E-state index in [9.17, 15) is 4.79 Å². The van der Waals surface area contributed by atoms with Crippen LogP contribution >= 0.6 is 11.6 Å². The Kier molecular flexibility index (Phi) is 13.0. The second kappa shape index (κ2) is 13.2. The van der Waals surface area contributed by atoms with Crippen molar-refractivity contribution in [2.45, 2.75) is 83.4 Å². The van der Waals surface area contributed by atoms with Gasteiger partial charge in [0.1, 0.15) is 5.38 Å². The summed E-state index contributed by atoms with van der Waals surface area (Å²) in [6, 6.07) is 0. The van der Waals surface area contributed by atoms with Crippen LogP contribution in [0.1, 0.15) is 78.1 Å². The normalized spacial score (nSPS) is 12.4. The molecule has 0 heterocycles. The van der Waals surface area contributed by atoms with E-state index >= 15 is 0 Å². The van der Waals surface area contributed by atoms with Crippen LogP contribution < -0.4 is 0 Å². The Bertz CT molecular complexity index is 193. The summed E-state index contributed by atoms with van der Waals surface area (Å²) in [5.41, 5.74) is 0. The average molecular weight is 277 g/mol. The Hall–Kier alpha value is -0.240. The van der Waals surface area contributed by atoms with Crippen LogP contribution in [0.2, 0.25) is 0 Å². The van der Waals surface area contributed by atoms with E-state index in [2.05, 4.69) is 6.92 Å². The molecule has 0 aliphatic rings. The molecule has 0 aliphatic heterocycles. The Balaban J connectivity index is 3.05. The van der Waals surface area contributed by atoms with Crippen LogP contribution in [-0.4, -0.2) is 18.0 Å². The number of hydrogen-bond donors (Lipinski definition) is 0. The highest BCUT2D eigenvalue weighted by Crippen LogP contribution is 2.10. The Morgan fingerprint density at radius 1 is 0.944 bits per heavy atom. The van der Waals surface area contributed by atoms with Gasteiger partial charge in [0.05, 0.1) is 6.61 Å². The van der Waals surface area contributed by atoms with Crippen molar-refractivity contribution < 1.29 is 9.53 Å². The van der Waals surface area contributed by atoms with Crippen molar-refractivity contribution in [2.24, 2.45) is 0 Å². The minimum atomic E-state index is -0.520. The van der Waals surface area contributed by atoms with Gasteiger partial charge in [-0.2, -0.15) is 0 Å². The molecule has 0 rings (SSSR count). The minimum absolute atomic E-state index is 0.299. The van der Waals surface area contributed by atoms with E-state index < -0.39 is 5.38 Å². The van der Waals surface area contributed by atoms with E-state index in [1.807, 2.05) is 0 Å². The van der Waals surface area contributed by atoms with Gasteiger partial charge < -0.3 is 4.74 Å². The summed E-state index contributed by atoms with van der Waals surface area (Å²) in [6.45, 7) is 4.41. The first kappa shape index (κ1) is 17.8. The molecule has 3 heteroatoms. The molecule has 0 amide bonds. The van der Waals surface area contributed by atoms with Gasteiger partial charge in [0, 0.05) is 0 Å². The number of ether oxygens (including phenoxy) is 1. The number of unbranched alkanes of at least 4 members (excludes halogenated alkanes) is 9. The first-order valence-corrected chi connectivity index (χ1v) is 7.92. The number of esters is 1. The third-order valence-electron chi connectivity index (χ3n) is 3.07. The summed E-state index contributed by atoms with van der Waals surface area (Å²) in [4.78, 5) is 11.0. The third kappa shape index (κ3) is 12.2. The van der Waals surface area contributed by atoms with Crippen LogP contribution in [0, 0.1) is 0 Å². The Labute approximate surface area is 117 Å². The number of rotatable bonds is 12. The number of halogens is 1. The summed E-state index contributed by atoms with van der Waals surface area (Å²) in [5, 5.41) is -0.520. The SMILES string of the molecule is CCCCCCCCCCCCOC(=O)C(C)Cl. The van der Waals surface area contributed by atoms with Crippen molar-refractivity contribution in [1.82, 2.24) is 0 Å². The minimum Gasteiger partial charge on any atom is -0.465 e. The van der Waals surface area contributed by atoms with Crippen molar-refractivity contribution in [3.05, 3.63) is 0 Å². The van der Waals surface area contributed by atoms with Gasteiger partial charge in [-0.1, -0.05) is 64.7 Å². The molecule has 0 aliphatic carbocycles. The molecular weight excluding hydrogens is 248 g/mol. The van der Waals surface area contributed by atoms with Crippen molar-refractivity contribution >= 4 is 17.6 Å². The number of alkyl halides is 1. The molecule has 0 bridgehead atoms. The lowest BCUT2D eigenvalue weighted by Crippen LogP contribution is -2.14. The fourth-order valence-corrected chi connectivity index (χ4v) is 1.94. The van der Waals surface area contributed by atoms with E-state index in [1.54, 1.807) is 6.92 Å². The zero-order valence-electron chi connectivity index (χ0n) is 12.0. The predicted octanol–water partition coefficient (Wildman–Crippen LogP) is 5.08. The lowest BCUT2D eigenvalue weighted by molar-refractivity contribution is -0.142. The van der Waals surface area contributed by atoms with E-state index in [1.165, 1.54) is 51.4 Å². The summed E-state index contributed by atoms with van der Waals surface area (Å²) < 4.78 is 5.00. The second-order valence-electron chi connectivity index (χ2n) is 4.97. The van der Waals surface area contributed by atoms with Gasteiger partial charge in [0.15, 0.2) is 0 Å². The zero-order chi connectivity index (χ0) is 13.6. The first-order valence-electron chi connectivity index (χ1n) is 7.49. The lowest BCUT2D eigenvalue weighted by Gasteiger charge is -2.05. The first-order chi connectivity index (χ1) is 8.68. The lowest BCUT2D eigenvalue weighted by atomic mass is 10.1. The maximum absolute atomic E-state index is 11.0. The van der Waals surface area contributed by atoms with Gasteiger partial charge in [0.2, 0.25) is 0 Å². The monoisotopic (exact) mass is 276 g/mol. The number of carbonyl (C=O) groups excluding carboxylic acids is 1. The molecule has 0 aromatic rings. The highest BCUT2D eigenvalue weighted by Gasteiger charge is 2.09. The van der Waals surface area contributed by atoms with Crippen molar-refractivity contribution in [2.75, 3.05) is 6.61 Å². The van der Waals surface area contributed by atoms with E-state index in [4.69, 9.17) is 16.3 Å². The van der Waals surface area contributed by atoms with Crippen LogP contribution in [0.3, 0.4) is 0 Å². The molecule has 1 atom stereocenters. The summed E-state index contributed by atoms with van der Waals surface area (Å²) in [6.07, 6.45) is 12.9. The molecule has 18 heavy (non-hydrogen) atoms. The largest absolute Gasteiger partial charge is 0.465 e. The summed E-state index contributed by atoms with van der Waals surface area (Å²) >= 11 is 5.59. The van der Waals surface area contributed by atoms with E-state index in [0.29, 0.717) is 6.61 Å². The standard InChI is InChI=1S/C15H29ClO2/c1-3-4-5-6-7-8-9-10-11-12-13-18-15(17)14(2)16/h14H,3-13H2,1-2H3. The average Bonchev–Trinajstić information content (AvgIpc) is 2.35. The number of carbonyl (C=O) groups is 1. The zero-order valence-corrected chi connectivity index (χ0v) is 12.8. The molecule has 0 saturated carbocycles. The van der Waals surface area contributed by atoms with Crippen LogP contribution in [0.5, 0.6) is 0 Å². The smallest absolute Gasteiger partial charge is 0.323 e. The maximum Gasteiger partial charge on any atom is 0.323 e. The molecule has 0 N–H and O–H groups in total. The molecule has 0 aromatic carbocycles. The topological polar surface area (TPSA) is 26.3 Å². The second-order valence-corrected chi connectivity index (χ2v) is 5.62. The van der Waals surface area contributed by atoms with Crippen molar-refractivity contribution in [3.63, 3.8) is 0 Å². The molecule has 108 valence electrons. The molecule has 0 aromatic heterocycles. The molecular formula is C15H29ClO2. The third-order valence-corrected chi connectivity index (χ3v) is 3.25. The highest BCUT2D eigenvalue weighted by atomic mass is 35.5. The Morgan fingerprint density at radius 3 is 1.83 bits per heavy atom. The van der Waals surface area contributed by atoms with Gasteiger partial charge in [0.25, 0.3) is 0 Å². The molecule has 0 spiro atoms. The fraction of sp³-hybridized carbons (Fsp3) is 0.933. The van der Waals surface area contributed by atoms with Gasteiger partial charge in [-0.3, -0.25) is 4.79 Å². The van der Waals surface area contributed by atoms with Gasteiger partial charge >= 0.3 is 5.97 Å². The maximum atomic E-state index is 11.0. The number of hydrogen-bond acceptors (Lipinski definition) is 2. The molecule has 0 saturated heterocycles. The van der Waals surface area contributed by atoms with Crippen LogP contribution in [0.25, 0.3) is 0 Å². The molecule has 0 fully saturated rings. The van der Waals surface area contributed by atoms with Crippen molar-refractivity contribution in [3.8, 4) is 0 Å². The van der Waals surface area contributed by atoms with Gasteiger partial charge in [-0.15, -0.1) is 11.6 Å². The van der Waals surface area contributed by atoms with Crippen LogP contribution in [0.15, 0.2) is 0 Å². The van der Waals surface area contributed by atoms with Crippen LogP contribution in [-0.2, 0) is 9.53 Å². The van der Waals surface area contributed by atoms with Crippen LogP contribution in [0.4, 0.5) is 0 Å². The summed E-state index contributed by atoms with van der Waals surface area (Å²) in [7, 11) is 0.